The number of urea groups is 1. The van der Waals surface area contributed by atoms with Gasteiger partial charge in [0.1, 0.15) is 5.69 Å². The Bertz CT molecular complexity index is 826. The van der Waals surface area contributed by atoms with Crippen molar-refractivity contribution in [3.63, 3.8) is 0 Å². The molecule has 1 aromatic carbocycles. The fraction of sp³-hybridized carbons (Fsp3) is 0.474. The molecule has 1 aliphatic rings. The fourth-order valence-electron chi connectivity index (χ4n) is 3.23. The van der Waals surface area contributed by atoms with Gasteiger partial charge in [-0.25, -0.2) is 9.48 Å². The Morgan fingerprint density at radius 1 is 1.24 bits per heavy atom. The van der Waals surface area contributed by atoms with Crippen molar-refractivity contribution in [1.82, 2.24) is 36.3 Å². The van der Waals surface area contributed by atoms with E-state index in [9.17, 15) is 9.59 Å². The van der Waals surface area contributed by atoms with Crippen molar-refractivity contribution in [1.29, 1.82) is 0 Å². The maximum Gasteiger partial charge on any atom is 0.315 e. The van der Waals surface area contributed by atoms with E-state index in [4.69, 9.17) is 0 Å². The summed E-state index contributed by atoms with van der Waals surface area (Å²) in [5.41, 5.74) is 2.88. The van der Waals surface area contributed by atoms with Crippen LogP contribution in [-0.4, -0.2) is 46.1 Å². The van der Waals surface area contributed by atoms with Crippen LogP contribution in [0.3, 0.4) is 0 Å². The van der Waals surface area contributed by atoms with E-state index in [-0.39, 0.29) is 36.4 Å². The average Bonchev–Trinajstić information content (AvgIpc) is 3.34. The molecular formula is C19H28ClN7O2. The molecule has 0 saturated carbocycles. The second-order valence-electron chi connectivity index (χ2n) is 6.96. The van der Waals surface area contributed by atoms with Gasteiger partial charge in [-0.2, -0.15) is 0 Å². The topological polar surface area (TPSA) is 113 Å². The second-order valence-corrected chi connectivity index (χ2v) is 6.96. The van der Waals surface area contributed by atoms with Gasteiger partial charge < -0.3 is 21.3 Å². The molecule has 2 heterocycles. The third-order valence-corrected chi connectivity index (χ3v) is 4.67. The number of likely N-dealkylation sites (N-methyl/N-ethyl adjacent to an activating group) is 1. The highest BCUT2D eigenvalue weighted by atomic mass is 35.5. The van der Waals surface area contributed by atoms with Crippen LogP contribution >= 0.6 is 12.4 Å². The van der Waals surface area contributed by atoms with Gasteiger partial charge in [0.05, 0.1) is 24.8 Å². The zero-order valence-electron chi connectivity index (χ0n) is 16.6. The van der Waals surface area contributed by atoms with E-state index < -0.39 is 0 Å². The van der Waals surface area contributed by atoms with Gasteiger partial charge in [0.2, 0.25) is 5.91 Å². The lowest BCUT2D eigenvalue weighted by Gasteiger charge is -2.10. The Morgan fingerprint density at radius 3 is 2.79 bits per heavy atom. The van der Waals surface area contributed by atoms with E-state index in [2.05, 4.69) is 31.6 Å². The van der Waals surface area contributed by atoms with Crippen molar-refractivity contribution in [2.75, 3.05) is 13.1 Å². The number of nitrogens with zero attached hydrogens (tertiary/aromatic N) is 3. The molecule has 4 N–H and O–H groups in total. The summed E-state index contributed by atoms with van der Waals surface area (Å²) in [5, 5.41) is 19.9. The monoisotopic (exact) mass is 421 g/mol. The van der Waals surface area contributed by atoms with Crippen LogP contribution in [0.1, 0.15) is 36.2 Å². The number of amides is 3. The maximum absolute atomic E-state index is 12.0. The van der Waals surface area contributed by atoms with Crippen LogP contribution in [0.25, 0.3) is 0 Å². The van der Waals surface area contributed by atoms with Crippen LogP contribution in [0.5, 0.6) is 0 Å². The van der Waals surface area contributed by atoms with Gasteiger partial charge in [-0.05, 0) is 25.8 Å². The van der Waals surface area contributed by atoms with Crippen molar-refractivity contribution in [2.45, 2.75) is 45.4 Å². The lowest BCUT2D eigenvalue weighted by Crippen LogP contribution is -2.40. The number of aryl methyl sites for hydroxylation is 1. The van der Waals surface area contributed by atoms with E-state index in [1.807, 2.05) is 44.3 Å². The number of hydrogen-bond donors (Lipinski definition) is 4. The molecule has 9 nitrogen and oxygen atoms in total. The summed E-state index contributed by atoms with van der Waals surface area (Å²) in [6, 6.07) is 7.61. The summed E-state index contributed by atoms with van der Waals surface area (Å²) in [4.78, 5) is 23.9. The van der Waals surface area contributed by atoms with Gasteiger partial charge >= 0.3 is 6.03 Å². The number of carbonyl (C=O) groups is 2. The molecule has 29 heavy (non-hydrogen) atoms. The predicted octanol–water partition coefficient (Wildman–Crippen LogP) is 1.05. The van der Waals surface area contributed by atoms with Crippen molar-refractivity contribution < 1.29 is 9.59 Å². The van der Waals surface area contributed by atoms with Crippen LogP contribution in [0.2, 0.25) is 0 Å². The van der Waals surface area contributed by atoms with Crippen LogP contribution < -0.4 is 21.3 Å². The Kier molecular flexibility index (Phi) is 8.41. The van der Waals surface area contributed by atoms with Crippen molar-refractivity contribution in [3.8, 4) is 0 Å². The first-order valence-electron chi connectivity index (χ1n) is 9.54. The highest BCUT2D eigenvalue weighted by Crippen LogP contribution is 2.19. The minimum Gasteiger partial charge on any atom is -0.355 e. The largest absolute Gasteiger partial charge is 0.355 e. The number of hydrogen-bond acceptors (Lipinski definition) is 5. The first-order chi connectivity index (χ1) is 13.5. The molecule has 0 aliphatic carbocycles. The minimum atomic E-state index is -0.255. The molecule has 158 valence electrons. The number of nitrogens with one attached hydrogen (secondary N) is 4. The van der Waals surface area contributed by atoms with E-state index >= 15 is 0 Å². The molecule has 2 aromatic rings. The fourth-order valence-corrected chi connectivity index (χ4v) is 3.23. The minimum absolute atomic E-state index is 0. The van der Waals surface area contributed by atoms with E-state index in [0.717, 1.165) is 11.1 Å². The van der Waals surface area contributed by atoms with E-state index in [1.165, 1.54) is 0 Å². The Morgan fingerprint density at radius 2 is 2.03 bits per heavy atom. The van der Waals surface area contributed by atoms with Gasteiger partial charge in [0.25, 0.3) is 0 Å². The smallest absolute Gasteiger partial charge is 0.315 e. The summed E-state index contributed by atoms with van der Waals surface area (Å²) in [6.07, 6.45) is 2.48. The highest BCUT2D eigenvalue weighted by molar-refractivity contribution is 5.85. The molecule has 1 fully saturated rings. The van der Waals surface area contributed by atoms with Gasteiger partial charge in [0, 0.05) is 19.6 Å². The number of aromatic nitrogens is 3. The number of halogens is 1. The van der Waals surface area contributed by atoms with E-state index in [1.54, 1.807) is 4.68 Å². The molecular weight excluding hydrogens is 394 g/mol. The Labute approximate surface area is 176 Å². The Hall–Kier alpha value is -2.65. The molecule has 10 heteroatoms. The lowest BCUT2D eigenvalue weighted by molar-refractivity contribution is -0.122. The molecule has 3 rings (SSSR count). The summed E-state index contributed by atoms with van der Waals surface area (Å²) < 4.78 is 1.76. The number of benzene rings is 1. The third-order valence-electron chi connectivity index (χ3n) is 4.67. The standard InChI is InChI=1S/C19H27N7O2.ClH/c1-3-20-18(27)17-8-16(11-21-17)26-12-15(24-25-26)10-23-19(28)22-9-14-6-4-5-13(2)7-14;/h4-7,12,16-17,21H,3,8-11H2,1-2H3,(H,20,27)(H2,22,23,28);1H/t16-,17+;/m1./s1. The molecule has 1 aromatic heterocycles. The normalized spacial score (nSPS) is 18.0. The van der Waals surface area contributed by atoms with Crippen molar-refractivity contribution in [2.24, 2.45) is 0 Å². The predicted molar refractivity (Wildman–Crippen MR) is 112 cm³/mol. The summed E-state index contributed by atoms with van der Waals surface area (Å²) >= 11 is 0. The maximum atomic E-state index is 12.0. The number of rotatable bonds is 7. The molecule has 0 unspecified atom stereocenters. The van der Waals surface area contributed by atoms with Crippen molar-refractivity contribution in [3.05, 3.63) is 47.3 Å². The molecule has 0 radical (unpaired) electrons. The zero-order chi connectivity index (χ0) is 19.9. The summed E-state index contributed by atoms with van der Waals surface area (Å²) in [5.74, 6) is 0.0114. The van der Waals surface area contributed by atoms with Crippen molar-refractivity contribution >= 4 is 24.3 Å². The van der Waals surface area contributed by atoms with Gasteiger partial charge in [-0.1, -0.05) is 35.0 Å². The SMILES string of the molecule is CCNC(=O)[C@@H]1C[C@@H](n2cc(CNC(=O)NCc3cccc(C)c3)nn2)CN1.Cl. The van der Waals surface area contributed by atoms with E-state index in [0.29, 0.717) is 38.3 Å². The first kappa shape index (κ1) is 22.6. The second kappa shape index (κ2) is 10.8. The molecule has 1 aliphatic heterocycles. The molecule has 0 bridgehead atoms. The van der Waals surface area contributed by atoms with Crippen LogP contribution in [-0.2, 0) is 17.9 Å². The lowest BCUT2D eigenvalue weighted by atomic mass is 10.1. The van der Waals surface area contributed by atoms with Gasteiger partial charge in [-0.3, -0.25) is 4.79 Å². The first-order valence-corrected chi connectivity index (χ1v) is 9.54. The van der Waals surface area contributed by atoms with Gasteiger partial charge in [-0.15, -0.1) is 17.5 Å². The Balaban J connectivity index is 0.00000300. The molecule has 0 spiro atoms. The third kappa shape index (κ3) is 6.43. The summed E-state index contributed by atoms with van der Waals surface area (Å²) in [7, 11) is 0. The zero-order valence-corrected chi connectivity index (χ0v) is 17.5. The van der Waals surface area contributed by atoms with Crippen LogP contribution in [0, 0.1) is 6.92 Å². The van der Waals surface area contributed by atoms with Crippen LogP contribution in [0.4, 0.5) is 4.79 Å². The summed E-state index contributed by atoms with van der Waals surface area (Å²) in [6.45, 7) is 5.96. The van der Waals surface area contributed by atoms with Gasteiger partial charge in [0.15, 0.2) is 0 Å². The average molecular weight is 422 g/mol. The van der Waals surface area contributed by atoms with Crippen LogP contribution in [0.15, 0.2) is 30.5 Å². The number of carbonyl (C=O) groups excluding carboxylic acids is 2. The highest BCUT2D eigenvalue weighted by Gasteiger charge is 2.30. The molecule has 3 amide bonds. The molecule has 1 saturated heterocycles. The molecule has 2 atom stereocenters. The quantitative estimate of drug-likeness (QED) is 0.533.